The summed E-state index contributed by atoms with van der Waals surface area (Å²) >= 11 is 0. The van der Waals surface area contributed by atoms with Crippen molar-refractivity contribution in [2.75, 3.05) is 13.1 Å². The van der Waals surface area contributed by atoms with Crippen LogP contribution in [0.4, 0.5) is 0 Å². The topological polar surface area (TPSA) is 372 Å². The van der Waals surface area contributed by atoms with Crippen LogP contribution in [-0.4, -0.2) is 140 Å². The van der Waals surface area contributed by atoms with Crippen LogP contribution >= 0.6 is 0 Å². The van der Waals surface area contributed by atoms with E-state index in [0.29, 0.717) is 42.5 Å². The molecule has 0 aliphatic carbocycles. The molecule has 15 N–H and O–H groups in total. The average Bonchev–Trinajstić information content (AvgIpc) is 4.08. The predicted octanol–water partition coefficient (Wildman–Crippen LogP) is 0.401. The Morgan fingerprint density at radius 1 is 0.733 bits per heavy atom. The third kappa shape index (κ3) is 19.7. The molecule has 7 amide bonds. The molecule has 1 saturated heterocycles. The van der Waals surface area contributed by atoms with Gasteiger partial charge >= 0.3 is 5.97 Å². The largest absolute Gasteiger partial charge is 0.508 e. The first-order valence-electron chi connectivity index (χ1n) is 25.6. The zero-order chi connectivity index (χ0) is 55.2. The van der Waals surface area contributed by atoms with Crippen LogP contribution in [0.1, 0.15) is 103 Å². The van der Waals surface area contributed by atoms with Gasteiger partial charge < -0.3 is 69.2 Å². The molecule has 75 heavy (non-hydrogen) atoms. The standard InChI is InChI=1S/C52H77N13O10/c1-6-7-16-37(59-47(70)39(25-33-18-20-35(66)21-19-33)61-49(72)43(31(4)5)64-44(67)36(53)15-11-22-57-52(54)55)45(68)60-38(24-30(2)3)46(69)62-40(27-34-28-56-29-58-34)50(73)65-23-12-17-42(65)48(71)63-41(51(74)75)26-32-13-9-8-10-14-32/h8-10,13-14,18-21,28-31,36-43,66H,6-7,11-12,15-17,22-27,53H2,1-5H3,(H,56,58)(H,59,70)(H,60,68)(H,61,72)(H,62,69)(H,63,71)(H,64,67)(H,74,75)(H4,54,55,57)/t36-,37-,38-,39-,40-,41-,42-,43-/m0/s1. The second kappa shape index (κ2) is 30.0. The monoisotopic (exact) mass is 1040 g/mol. The first-order valence-corrected chi connectivity index (χ1v) is 25.6. The lowest BCUT2D eigenvalue weighted by atomic mass is 9.99. The van der Waals surface area contributed by atoms with Crippen molar-refractivity contribution in [1.82, 2.24) is 46.8 Å². The number of nitrogens with one attached hydrogen (secondary N) is 7. The number of carboxylic acids is 1. The Balaban J connectivity index is 1.55. The van der Waals surface area contributed by atoms with Gasteiger partial charge in [0.1, 0.15) is 48.0 Å². The number of rotatable bonds is 30. The summed E-state index contributed by atoms with van der Waals surface area (Å²) in [6, 6.07) is 5.41. The Kier molecular flexibility index (Phi) is 24.0. The number of carbonyl (C=O) groups is 8. The number of aromatic hydroxyl groups is 1. The fourth-order valence-corrected chi connectivity index (χ4v) is 8.62. The summed E-state index contributed by atoms with van der Waals surface area (Å²) in [7, 11) is 0. The number of nitrogens with zero attached hydrogens (tertiary/aromatic N) is 3. The molecule has 1 fully saturated rings. The summed E-state index contributed by atoms with van der Waals surface area (Å²) in [6.07, 6.45) is 5.45. The van der Waals surface area contributed by atoms with Gasteiger partial charge in [-0.2, -0.15) is 0 Å². The number of phenols is 1. The molecule has 0 bridgehead atoms. The van der Waals surface area contributed by atoms with E-state index in [-0.39, 0.29) is 75.7 Å². The normalized spacial score (nSPS) is 16.1. The van der Waals surface area contributed by atoms with Crippen molar-refractivity contribution in [3.05, 3.63) is 83.9 Å². The van der Waals surface area contributed by atoms with Crippen molar-refractivity contribution in [3.63, 3.8) is 0 Å². The minimum absolute atomic E-state index is 0.0191. The Bertz CT molecular complexity index is 2380. The lowest BCUT2D eigenvalue weighted by Gasteiger charge is -2.31. The fourth-order valence-electron chi connectivity index (χ4n) is 8.62. The van der Waals surface area contributed by atoms with E-state index in [1.165, 1.54) is 29.6 Å². The third-order valence-electron chi connectivity index (χ3n) is 12.7. The number of H-pyrrole nitrogens is 1. The molecular weight excluding hydrogens is 967 g/mol. The van der Waals surface area contributed by atoms with Crippen LogP contribution in [0.15, 0.2) is 72.1 Å². The molecule has 2 aromatic carbocycles. The molecule has 4 rings (SSSR count). The zero-order valence-corrected chi connectivity index (χ0v) is 43.6. The quantitative estimate of drug-likeness (QED) is 0.0244. The van der Waals surface area contributed by atoms with Gasteiger partial charge in [-0.05, 0) is 73.6 Å². The number of likely N-dealkylation sites (tertiary alicyclic amines) is 1. The Labute approximate surface area is 437 Å². The molecule has 0 radical (unpaired) electrons. The number of aliphatic imine (C=N–C) groups is 1. The van der Waals surface area contributed by atoms with E-state index in [9.17, 15) is 48.6 Å². The summed E-state index contributed by atoms with van der Waals surface area (Å²) < 4.78 is 0. The van der Waals surface area contributed by atoms with Crippen molar-refractivity contribution in [2.24, 2.45) is 34.0 Å². The summed E-state index contributed by atoms with van der Waals surface area (Å²) in [4.78, 5) is 123. The molecule has 8 atom stereocenters. The number of carbonyl (C=O) groups excluding carboxylic acids is 7. The molecule has 1 aromatic heterocycles. The predicted molar refractivity (Wildman–Crippen MR) is 280 cm³/mol. The van der Waals surface area contributed by atoms with Gasteiger partial charge in [-0.1, -0.05) is 89.9 Å². The molecular formula is C52H77N13O10. The number of aliphatic carboxylic acids is 1. The summed E-state index contributed by atoms with van der Waals surface area (Å²) in [5, 5.41) is 36.5. The van der Waals surface area contributed by atoms with Crippen LogP contribution in [0.2, 0.25) is 0 Å². The molecule has 23 nitrogen and oxygen atoms in total. The highest BCUT2D eigenvalue weighted by molar-refractivity contribution is 5.98. The van der Waals surface area contributed by atoms with Gasteiger partial charge in [0.2, 0.25) is 41.4 Å². The number of benzene rings is 2. The fraction of sp³-hybridized carbons (Fsp3) is 0.538. The number of aromatic amines is 1. The van der Waals surface area contributed by atoms with Gasteiger partial charge in [-0.25, -0.2) is 9.78 Å². The first-order chi connectivity index (χ1) is 35.7. The number of hydrogen-bond donors (Lipinski definition) is 12. The van der Waals surface area contributed by atoms with Crippen LogP contribution in [0.5, 0.6) is 5.75 Å². The molecule has 1 aliphatic heterocycles. The van der Waals surface area contributed by atoms with E-state index < -0.39 is 102 Å². The Hall–Kier alpha value is -7.56. The van der Waals surface area contributed by atoms with E-state index in [4.69, 9.17) is 17.2 Å². The minimum Gasteiger partial charge on any atom is -0.508 e. The third-order valence-corrected chi connectivity index (χ3v) is 12.7. The molecule has 2 heterocycles. The second-order valence-electron chi connectivity index (χ2n) is 19.7. The minimum atomic E-state index is -1.30. The van der Waals surface area contributed by atoms with Gasteiger partial charge in [0.15, 0.2) is 5.96 Å². The molecule has 23 heteroatoms. The van der Waals surface area contributed by atoms with Gasteiger partial charge in [0, 0.05) is 44.2 Å². The number of guanidine groups is 1. The van der Waals surface area contributed by atoms with Gasteiger partial charge in [-0.15, -0.1) is 0 Å². The lowest BCUT2D eigenvalue weighted by Crippen LogP contribution is -2.61. The number of hydrogen-bond acceptors (Lipinski definition) is 12. The summed E-state index contributed by atoms with van der Waals surface area (Å²) in [5.41, 5.74) is 18.7. The van der Waals surface area contributed by atoms with Crippen LogP contribution < -0.4 is 49.1 Å². The highest BCUT2D eigenvalue weighted by atomic mass is 16.4. The highest BCUT2D eigenvalue weighted by Crippen LogP contribution is 2.21. The second-order valence-corrected chi connectivity index (χ2v) is 19.7. The van der Waals surface area contributed by atoms with Gasteiger partial charge in [-0.3, -0.25) is 38.6 Å². The maximum Gasteiger partial charge on any atom is 0.326 e. The van der Waals surface area contributed by atoms with Crippen molar-refractivity contribution in [2.45, 2.75) is 154 Å². The maximum absolute atomic E-state index is 14.5. The molecule has 0 spiro atoms. The van der Waals surface area contributed by atoms with Crippen LogP contribution in [0.25, 0.3) is 0 Å². The molecule has 0 unspecified atom stereocenters. The van der Waals surface area contributed by atoms with Crippen LogP contribution in [0.3, 0.4) is 0 Å². The summed E-state index contributed by atoms with van der Waals surface area (Å²) in [5.74, 6) is -6.68. The number of phenolic OH excluding ortho intramolecular Hbond substituents is 1. The average molecular weight is 1040 g/mol. The zero-order valence-electron chi connectivity index (χ0n) is 43.6. The first kappa shape index (κ1) is 60.0. The van der Waals surface area contributed by atoms with Crippen molar-refractivity contribution < 1.29 is 48.6 Å². The Morgan fingerprint density at radius 3 is 1.96 bits per heavy atom. The molecule has 3 aromatic rings. The number of imidazole rings is 1. The maximum atomic E-state index is 14.5. The summed E-state index contributed by atoms with van der Waals surface area (Å²) in [6.45, 7) is 9.42. The molecule has 410 valence electrons. The lowest BCUT2D eigenvalue weighted by molar-refractivity contribution is -0.145. The smallest absolute Gasteiger partial charge is 0.326 e. The van der Waals surface area contributed by atoms with Gasteiger partial charge in [0.25, 0.3) is 0 Å². The molecule has 0 saturated carbocycles. The van der Waals surface area contributed by atoms with Crippen LogP contribution in [-0.2, 0) is 57.6 Å². The van der Waals surface area contributed by atoms with E-state index in [0.717, 1.165) is 0 Å². The SMILES string of the molecule is CCCC[C@H](NC(=O)[C@H](Cc1ccc(O)cc1)NC(=O)[C@@H](NC(=O)[C@@H](N)CCCN=C(N)N)C(C)C)C(=O)N[C@@H](CC(C)C)C(=O)N[C@@H](Cc1cnc[nH]1)C(=O)N1CCC[C@H]1C(=O)N[C@@H](Cc1ccccc1)C(=O)O. The van der Waals surface area contributed by atoms with E-state index in [1.54, 1.807) is 56.3 Å². The van der Waals surface area contributed by atoms with Crippen LogP contribution in [0, 0.1) is 11.8 Å². The van der Waals surface area contributed by atoms with Crippen molar-refractivity contribution in [3.8, 4) is 5.75 Å². The molecule has 1 aliphatic rings. The Morgan fingerprint density at radius 2 is 1.35 bits per heavy atom. The van der Waals surface area contributed by atoms with E-state index in [1.807, 2.05) is 20.8 Å². The highest BCUT2D eigenvalue weighted by Gasteiger charge is 2.40. The van der Waals surface area contributed by atoms with Crippen molar-refractivity contribution >= 4 is 53.3 Å². The number of carboxylic acid groups (broad SMARTS) is 1. The number of unbranched alkanes of at least 4 members (excludes halogenated alkanes) is 1. The number of nitrogens with two attached hydrogens (primary N) is 3. The number of aromatic nitrogens is 2. The van der Waals surface area contributed by atoms with Crippen molar-refractivity contribution in [1.29, 1.82) is 0 Å². The van der Waals surface area contributed by atoms with E-state index in [2.05, 4.69) is 46.9 Å². The number of amides is 7. The van der Waals surface area contributed by atoms with Gasteiger partial charge in [0.05, 0.1) is 12.4 Å². The van der Waals surface area contributed by atoms with E-state index >= 15 is 0 Å².